The molecule has 5 heteroatoms. The van der Waals surface area contributed by atoms with E-state index in [0.717, 1.165) is 18.4 Å². The third kappa shape index (κ3) is 5.84. The molecule has 0 aliphatic carbocycles. The number of carbonyl (C=O) groups is 1. The van der Waals surface area contributed by atoms with Crippen LogP contribution in [0.3, 0.4) is 0 Å². The van der Waals surface area contributed by atoms with E-state index >= 15 is 0 Å². The van der Waals surface area contributed by atoms with Crippen molar-refractivity contribution in [2.45, 2.75) is 25.8 Å². The topological polar surface area (TPSA) is 59.6 Å². The lowest BCUT2D eigenvalue weighted by atomic mass is 10.1. The van der Waals surface area contributed by atoms with Gasteiger partial charge in [-0.2, -0.15) is 0 Å². The predicted molar refractivity (Wildman–Crippen MR) is 105 cm³/mol. The highest BCUT2D eigenvalue weighted by molar-refractivity contribution is 5.89. The summed E-state index contributed by atoms with van der Waals surface area (Å²) in [7, 11) is 1.59. The van der Waals surface area contributed by atoms with Crippen LogP contribution in [0.25, 0.3) is 0 Å². The van der Waals surface area contributed by atoms with E-state index in [2.05, 4.69) is 17.2 Å². The van der Waals surface area contributed by atoms with E-state index in [4.69, 9.17) is 9.47 Å². The molecule has 26 heavy (non-hydrogen) atoms. The number of hydrogen-bond donors (Lipinski definition) is 2. The number of amides is 2. The molecule has 0 fully saturated rings. The first-order chi connectivity index (χ1) is 12.6. The fraction of sp³-hybridized carbons (Fsp3) is 0.286. The smallest absolute Gasteiger partial charge is 0.319 e. The maximum absolute atomic E-state index is 12.3. The largest absolute Gasteiger partial charge is 0.493 e. The number of nitrogens with one attached hydrogen (secondary N) is 2. The summed E-state index contributed by atoms with van der Waals surface area (Å²) in [6.07, 6.45) is 3.62. The molecule has 1 atom stereocenters. The molecule has 0 spiro atoms. The molecular weight excluding hydrogens is 328 g/mol. The normalized spacial score (nSPS) is 11.3. The Morgan fingerprint density at radius 3 is 2.65 bits per heavy atom. The van der Waals surface area contributed by atoms with Crippen LogP contribution in [0.2, 0.25) is 0 Å². The minimum atomic E-state index is -0.274. The standard InChI is InChI=1S/C21H26N2O3/c1-4-5-9-14-26-20-15-18(12-13-19(20)25-3)23-21(24)22-16(2)17-10-7-6-8-11-17/h4,6-8,10-13,15-16H,1,5,9,14H2,2-3H3,(H2,22,23,24)/t16-/m0/s1. The van der Waals surface area contributed by atoms with Crippen molar-refractivity contribution in [3.63, 3.8) is 0 Å². The Kier molecular flexibility index (Phi) is 7.55. The van der Waals surface area contributed by atoms with E-state index in [1.165, 1.54) is 0 Å². The molecule has 0 aromatic heterocycles. The van der Waals surface area contributed by atoms with Gasteiger partial charge in [-0.3, -0.25) is 0 Å². The van der Waals surface area contributed by atoms with Gasteiger partial charge >= 0.3 is 6.03 Å². The lowest BCUT2D eigenvalue weighted by molar-refractivity contribution is 0.249. The van der Waals surface area contributed by atoms with Crippen LogP contribution < -0.4 is 20.1 Å². The molecule has 0 bridgehead atoms. The first-order valence-corrected chi connectivity index (χ1v) is 8.68. The van der Waals surface area contributed by atoms with Crippen LogP contribution >= 0.6 is 0 Å². The van der Waals surface area contributed by atoms with Crippen molar-refractivity contribution in [2.75, 3.05) is 19.0 Å². The molecule has 5 nitrogen and oxygen atoms in total. The highest BCUT2D eigenvalue weighted by atomic mass is 16.5. The third-order valence-corrected chi connectivity index (χ3v) is 3.88. The molecular formula is C21H26N2O3. The molecule has 0 saturated heterocycles. The van der Waals surface area contributed by atoms with Gasteiger partial charge in [-0.1, -0.05) is 36.4 Å². The van der Waals surface area contributed by atoms with Gasteiger partial charge in [-0.15, -0.1) is 6.58 Å². The quantitative estimate of drug-likeness (QED) is 0.496. The number of methoxy groups -OCH3 is 1. The fourth-order valence-electron chi connectivity index (χ4n) is 2.47. The monoisotopic (exact) mass is 354 g/mol. The molecule has 2 aromatic carbocycles. The van der Waals surface area contributed by atoms with E-state index in [-0.39, 0.29) is 12.1 Å². The van der Waals surface area contributed by atoms with Crippen LogP contribution in [-0.2, 0) is 0 Å². The second-order valence-corrected chi connectivity index (χ2v) is 5.88. The van der Waals surface area contributed by atoms with Gasteiger partial charge in [0.2, 0.25) is 0 Å². The van der Waals surface area contributed by atoms with Crippen molar-refractivity contribution in [3.05, 3.63) is 66.7 Å². The van der Waals surface area contributed by atoms with Crippen molar-refractivity contribution >= 4 is 11.7 Å². The van der Waals surface area contributed by atoms with Crippen molar-refractivity contribution < 1.29 is 14.3 Å². The van der Waals surface area contributed by atoms with Gasteiger partial charge in [-0.05, 0) is 37.5 Å². The van der Waals surface area contributed by atoms with Crippen LogP contribution in [0.5, 0.6) is 11.5 Å². The molecule has 0 aliphatic heterocycles. The number of ether oxygens (including phenoxy) is 2. The zero-order valence-corrected chi connectivity index (χ0v) is 15.3. The van der Waals surface area contributed by atoms with Crippen LogP contribution in [0.1, 0.15) is 31.4 Å². The van der Waals surface area contributed by atoms with Gasteiger partial charge < -0.3 is 20.1 Å². The molecule has 138 valence electrons. The summed E-state index contributed by atoms with van der Waals surface area (Å²) >= 11 is 0. The van der Waals surface area contributed by atoms with E-state index in [1.807, 2.05) is 43.3 Å². The van der Waals surface area contributed by atoms with Crippen molar-refractivity contribution in [1.29, 1.82) is 0 Å². The zero-order chi connectivity index (χ0) is 18.8. The molecule has 0 heterocycles. The number of allylic oxidation sites excluding steroid dienone is 1. The summed E-state index contributed by atoms with van der Waals surface area (Å²) in [5.74, 6) is 1.23. The number of hydrogen-bond acceptors (Lipinski definition) is 3. The molecule has 2 amide bonds. The second-order valence-electron chi connectivity index (χ2n) is 5.88. The number of benzene rings is 2. The van der Waals surface area contributed by atoms with Crippen LogP contribution in [0, 0.1) is 0 Å². The van der Waals surface area contributed by atoms with Gasteiger partial charge in [-0.25, -0.2) is 4.79 Å². The summed E-state index contributed by atoms with van der Waals surface area (Å²) in [6.45, 7) is 6.20. The Bertz CT molecular complexity index is 716. The van der Waals surface area contributed by atoms with Gasteiger partial charge in [0.25, 0.3) is 0 Å². The number of anilines is 1. The van der Waals surface area contributed by atoms with Crippen LogP contribution in [-0.4, -0.2) is 19.7 Å². The summed E-state index contributed by atoms with van der Waals surface area (Å²) < 4.78 is 11.1. The average Bonchev–Trinajstić information content (AvgIpc) is 2.66. The van der Waals surface area contributed by atoms with Crippen LogP contribution in [0.15, 0.2) is 61.2 Å². The molecule has 2 N–H and O–H groups in total. The number of rotatable bonds is 9. The third-order valence-electron chi connectivity index (χ3n) is 3.88. The molecule has 2 rings (SSSR count). The molecule has 0 radical (unpaired) electrons. The Morgan fingerprint density at radius 2 is 1.96 bits per heavy atom. The Morgan fingerprint density at radius 1 is 1.19 bits per heavy atom. The highest BCUT2D eigenvalue weighted by Crippen LogP contribution is 2.30. The number of carbonyl (C=O) groups excluding carboxylic acids is 1. The lowest BCUT2D eigenvalue weighted by Gasteiger charge is -2.16. The zero-order valence-electron chi connectivity index (χ0n) is 15.3. The first-order valence-electron chi connectivity index (χ1n) is 8.68. The molecule has 0 unspecified atom stereocenters. The van der Waals surface area contributed by atoms with Crippen molar-refractivity contribution in [1.82, 2.24) is 5.32 Å². The van der Waals surface area contributed by atoms with Crippen molar-refractivity contribution in [3.8, 4) is 11.5 Å². The first kappa shape index (κ1) is 19.4. The molecule has 2 aromatic rings. The highest BCUT2D eigenvalue weighted by Gasteiger charge is 2.11. The van der Waals surface area contributed by atoms with Gasteiger partial charge in [0, 0.05) is 11.8 Å². The van der Waals surface area contributed by atoms with Gasteiger partial charge in [0.1, 0.15) is 0 Å². The lowest BCUT2D eigenvalue weighted by Crippen LogP contribution is -2.31. The molecule has 0 aliphatic rings. The summed E-state index contributed by atoms with van der Waals surface area (Å²) in [5.41, 5.74) is 1.69. The van der Waals surface area contributed by atoms with Gasteiger partial charge in [0.15, 0.2) is 11.5 Å². The van der Waals surface area contributed by atoms with E-state index in [0.29, 0.717) is 23.8 Å². The Labute approximate surface area is 155 Å². The van der Waals surface area contributed by atoms with Crippen LogP contribution in [0.4, 0.5) is 10.5 Å². The fourth-order valence-corrected chi connectivity index (χ4v) is 2.47. The number of urea groups is 1. The molecule has 0 saturated carbocycles. The second kappa shape index (κ2) is 10.1. The van der Waals surface area contributed by atoms with E-state index in [9.17, 15) is 4.79 Å². The maximum atomic E-state index is 12.3. The summed E-state index contributed by atoms with van der Waals surface area (Å²) in [4.78, 5) is 12.3. The SMILES string of the molecule is C=CCCCOc1cc(NC(=O)N[C@@H](C)c2ccccc2)ccc1OC. The maximum Gasteiger partial charge on any atom is 0.319 e. The van der Waals surface area contributed by atoms with Crippen molar-refractivity contribution in [2.24, 2.45) is 0 Å². The van der Waals surface area contributed by atoms with E-state index in [1.54, 1.807) is 25.3 Å². The Hall–Kier alpha value is -2.95. The minimum absolute atomic E-state index is 0.0935. The summed E-state index contributed by atoms with van der Waals surface area (Å²) in [5, 5.41) is 5.75. The van der Waals surface area contributed by atoms with Gasteiger partial charge in [0.05, 0.1) is 19.8 Å². The average molecular weight is 354 g/mol. The predicted octanol–water partition coefficient (Wildman–Crippen LogP) is 4.92. The minimum Gasteiger partial charge on any atom is -0.493 e. The number of unbranched alkanes of at least 4 members (excludes halogenated alkanes) is 1. The van der Waals surface area contributed by atoms with E-state index < -0.39 is 0 Å². The Balaban J connectivity index is 1.97. The summed E-state index contributed by atoms with van der Waals surface area (Å²) in [6, 6.07) is 14.8.